The molecule has 3 rings (SSSR count). The number of alkyl halides is 3. The van der Waals surface area contributed by atoms with Gasteiger partial charge in [-0.2, -0.15) is 13.2 Å². The number of carbonyl (C=O) groups excluding carboxylic acids is 2. The highest BCUT2D eigenvalue weighted by Gasteiger charge is 2.68. The molecule has 0 aliphatic carbocycles. The maximum absolute atomic E-state index is 14.1. The second-order valence-electron chi connectivity index (χ2n) is 6.50. The van der Waals surface area contributed by atoms with E-state index in [-0.39, 0.29) is 18.7 Å². The molecule has 0 spiro atoms. The standard InChI is InChI=1S/C17H17F3N4O5/c1-2-3-6-10(25)23-16(17(18,19)20)11-12(21-14(16)27)24(15(28)22-13(11)26)8-9-5-4-7-29-9/h4-5,7H,2-3,6,8H2,1H3,(H,21,27)(H,23,25)(H,22,26,28)/t16-/m1/s1. The number of nitrogens with one attached hydrogen (secondary N) is 3. The molecule has 2 aromatic heterocycles. The average Bonchev–Trinajstić information content (AvgIpc) is 3.23. The lowest BCUT2D eigenvalue weighted by molar-refractivity contribution is -0.200. The predicted octanol–water partition coefficient (Wildman–Crippen LogP) is 1.19. The van der Waals surface area contributed by atoms with E-state index in [0.717, 1.165) is 4.57 Å². The highest BCUT2D eigenvalue weighted by molar-refractivity contribution is 6.07. The Hall–Kier alpha value is -3.31. The van der Waals surface area contributed by atoms with Gasteiger partial charge in [0.1, 0.15) is 17.1 Å². The van der Waals surface area contributed by atoms with Crippen LogP contribution >= 0.6 is 0 Å². The summed E-state index contributed by atoms with van der Waals surface area (Å²) in [4.78, 5) is 50.9. The number of hydrogen-bond acceptors (Lipinski definition) is 5. The molecule has 2 aromatic rings. The van der Waals surface area contributed by atoms with Crippen LogP contribution in [0.5, 0.6) is 0 Å². The number of aromatic amines is 1. The van der Waals surface area contributed by atoms with Crippen LogP contribution in [0.2, 0.25) is 0 Å². The summed E-state index contributed by atoms with van der Waals surface area (Å²) in [6, 6.07) is 2.96. The van der Waals surface area contributed by atoms with Crippen LogP contribution in [0.25, 0.3) is 0 Å². The van der Waals surface area contributed by atoms with Crippen LogP contribution in [0.4, 0.5) is 19.0 Å². The number of halogens is 3. The fourth-order valence-electron chi connectivity index (χ4n) is 3.14. The first-order valence-corrected chi connectivity index (χ1v) is 8.71. The number of H-pyrrole nitrogens is 1. The molecule has 29 heavy (non-hydrogen) atoms. The van der Waals surface area contributed by atoms with Crippen molar-refractivity contribution in [1.29, 1.82) is 0 Å². The molecular formula is C17H17F3N4O5. The number of amides is 2. The Morgan fingerprint density at radius 2 is 2.03 bits per heavy atom. The van der Waals surface area contributed by atoms with Gasteiger partial charge >= 0.3 is 11.9 Å². The van der Waals surface area contributed by atoms with E-state index in [2.05, 4.69) is 0 Å². The van der Waals surface area contributed by atoms with Gasteiger partial charge in [0, 0.05) is 6.42 Å². The Bertz CT molecular complexity index is 1050. The molecular weight excluding hydrogens is 397 g/mol. The molecule has 156 valence electrons. The molecule has 1 aliphatic rings. The Kier molecular flexibility index (Phi) is 5.11. The smallest absolute Gasteiger partial charge is 0.425 e. The lowest BCUT2D eigenvalue weighted by atomic mass is 9.91. The predicted molar refractivity (Wildman–Crippen MR) is 93.2 cm³/mol. The highest BCUT2D eigenvalue weighted by Crippen LogP contribution is 2.45. The molecule has 1 atom stereocenters. The van der Waals surface area contributed by atoms with Crippen molar-refractivity contribution >= 4 is 17.6 Å². The maximum atomic E-state index is 14.1. The summed E-state index contributed by atoms with van der Waals surface area (Å²) in [5, 5.41) is 3.63. The number of carbonyl (C=O) groups is 2. The van der Waals surface area contributed by atoms with E-state index >= 15 is 0 Å². The molecule has 0 bridgehead atoms. The van der Waals surface area contributed by atoms with Crippen molar-refractivity contribution in [3.8, 4) is 0 Å². The topological polar surface area (TPSA) is 126 Å². The van der Waals surface area contributed by atoms with E-state index < -0.39 is 46.2 Å². The largest absolute Gasteiger partial charge is 0.467 e. The van der Waals surface area contributed by atoms with Gasteiger partial charge in [0.2, 0.25) is 11.4 Å². The summed E-state index contributed by atoms with van der Waals surface area (Å²) >= 11 is 0. The molecule has 1 aliphatic heterocycles. The Morgan fingerprint density at radius 1 is 1.31 bits per heavy atom. The summed E-state index contributed by atoms with van der Waals surface area (Å²) < 4.78 is 48.1. The van der Waals surface area contributed by atoms with Gasteiger partial charge in [0.05, 0.1) is 12.8 Å². The molecule has 0 fully saturated rings. The number of furan rings is 1. The first-order chi connectivity index (χ1) is 13.6. The van der Waals surface area contributed by atoms with Gasteiger partial charge in [0.15, 0.2) is 0 Å². The molecule has 0 aromatic carbocycles. The second-order valence-corrected chi connectivity index (χ2v) is 6.50. The van der Waals surface area contributed by atoms with Gasteiger partial charge in [-0.1, -0.05) is 13.3 Å². The highest BCUT2D eigenvalue weighted by atomic mass is 19.4. The van der Waals surface area contributed by atoms with E-state index in [1.54, 1.807) is 17.2 Å². The quantitative estimate of drug-likeness (QED) is 0.655. The minimum Gasteiger partial charge on any atom is -0.467 e. The van der Waals surface area contributed by atoms with Gasteiger partial charge < -0.3 is 15.1 Å². The third kappa shape index (κ3) is 3.34. The van der Waals surface area contributed by atoms with Crippen molar-refractivity contribution in [2.45, 2.75) is 44.4 Å². The lowest BCUT2D eigenvalue weighted by Gasteiger charge is -2.30. The zero-order chi connectivity index (χ0) is 21.4. The number of nitrogens with zero attached hydrogens (tertiary/aromatic N) is 1. The van der Waals surface area contributed by atoms with E-state index in [0.29, 0.717) is 12.8 Å². The first-order valence-electron chi connectivity index (χ1n) is 8.71. The molecule has 12 heteroatoms. The van der Waals surface area contributed by atoms with Crippen LogP contribution < -0.4 is 21.9 Å². The maximum Gasteiger partial charge on any atom is 0.425 e. The minimum absolute atomic E-state index is 0.201. The lowest BCUT2D eigenvalue weighted by Crippen LogP contribution is -2.62. The van der Waals surface area contributed by atoms with Gasteiger partial charge in [-0.3, -0.25) is 23.9 Å². The van der Waals surface area contributed by atoms with Crippen LogP contribution in [-0.2, 0) is 21.7 Å². The number of fused-ring (bicyclic) bond motifs is 1. The molecule has 0 unspecified atom stereocenters. The molecule has 0 saturated carbocycles. The van der Waals surface area contributed by atoms with Crippen molar-refractivity contribution in [1.82, 2.24) is 14.9 Å². The van der Waals surface area contributed by atoms with Crippen LogP contribution in [0, 0.1) is 0 Å². The zero-order valence-corrected chi connectivity index (χ0v) is 15.2. The van der Waals surface area contributed by atoms with Crippen molar-refractivity contribution in [3.05, 3.63) is 50.6 Å². The Labute approximate surface area is 160 Å². The van der Waals surface area contributed by atoms with Crippen molar-refractivity contribution < 1.29 is 27.2 Å². The van der Waals surface area contributed by atoms with Crippen LogP contribution in [0.3, 0.4) is 0 Å². The SMILES string of the molecule is CCCCC(=O)N[C@@]1(C(F)(F)F)C(=O)Nc2c1c(=O)[nH]c(=O)n2Cc1ccco1. The third-order valence-corrected chi connectivity index (χ3v) is 4.55. The molecule has 3 N–H and O–H groups in total. The van der Waals surface area contributed by atoms with Gasteiger partial charge in [-0.25, -0.2) is 4.79 Å². The summed E-state index contributed by atoms with van der Waals surface area (Å²) in [5.74, 6) is -3.16. The van der Waals surface area contributed by atoms with Crippen LogP contribution in [-0.4, -0.2) is 27.5 Å². The average molecular weight is 414 g/mol. The van der Waals surface area contributed by atoms with Crippen molar-refractivity contribution in [2.24, 2.45) is 0 Å². The zero-order valence-electron chi connectivity index (χ0n) is 15.2. The fourth-order valence-corrected chi connectivity index (χ4v) is 3.14. The normalized spacial score (nSPS) is 18.4. The van der Waals surface area contributed by atoms with E-state index in [1.165, 1.54) is 18.4 Å². The first kappa shape index (κ1) is 20.4. The van der Waals surface area contributed by atoms with Gasteiger partial charge in [0.25, 0.3) is 11.5 Å². The van der Waals surface area contributed by atoms with Crippen LogP contribution in [0.15, 0.2) is 32.4 Å². The van der Waals surface area contributed by atoms with E-state index in [4.69, 9.17) is 4.42 Å². The molecule has 2 amide bonds. The monoisotopic (exact) mass is 414 g/mol. The molecule has 0 saturated heterocycles. The Balaban J connectivity index is 2.20. The third-order valence-electron chi connectivity index (χ3n) is 4.55. The second kappa shape index (κ2) is 7.26. The van der Waals surface area contributed by atoms with E-state index in [9.17, 15) is 32.3 Å². The number of rotatable bonds is 6. The molecule has 0 radical (unpaired) electrons. The number of unbranched alkanes of at least 4 members (excludes halogenated alkanes) is 1. The van der Waals surface area contributed by atoms with E-state index in [1.807, 2.05) is 5.32 Å². The van der Waals surface area contributed by atoms with Gasteiger partial charge in [-0.15, -0.1) is 0 Å². The summed E-state index contributed by atoms with van der Waals surface area (Å²) in [6.45, 7) is 1.39. The molecule has 3 heterocycles. The van der Waals surface area contributed by atoms with Crippen molar-refractivity contribution in [3.63, 3.8) is 0 Å². The Morgan fingerprint density at radius 3 is 2.62 bits per heavy atom. The number of anilines is 1. The fraction of sp³-hybridized carbons (Fsp3) is 0.412. The number of aromatic nitrogens is 2. The van der Waals surface area contributed by atoms with Crippen molar-refractivity contribution in [2.75, 3.05) is 5.32 Å². The number of hydrogen-bond donors (Lipinski definition) is 3. The van der Waals surface area contributed by atoms with Crippen LogP contribution in [0.1, 0.15) is 37.5 Å². The van der Waals surface area contributed by atoms with Gasteiger partial charge in [-0.05, 0) is 18.6 Å². The summed E-state index contributed by atoms with van der Waals surface area (Å²) in [6.07, 6.45) is -3.48. The summed E-state index contributed by atoms with van der Waals surface area (Å²) in [5.41, 5.74) is -7.17. The molecule has 9 nitrogen and oxygen atoms in total. The summed E-state index contributed by atoms with van der Waals surface area (Å²) in [7, 11) is 0. The minimum atomic E-state index is -5.34.